The summed E-state index contributed by atoms with van der Waals surface area (Å²) in [6.07, 6.45) is -1.99. The van der Waals surface area contributed by atoms with Gasteiger partial charge in [-0.2, -0.15) is 18.3 Å². The SMILES string of the molecule is CN(C)c1cccc(C(=O)Nc2cnc3cc(C(F)(F)F)nn3c2)c1. The normalized spacial score (nSPS) is 11.6. The number of anilines is 2. The lowest BCUT2D eigenvalue weighted by molar-refractivity contribution is -0.141. The highest BCUT2D eigenvalue weighted by molar-refractivity contribution is 6.04. The van der Waals surface area contributed by atoms with Gasteiger partial charge in [-0.15, -0.1) is 0 Å². The average molecular weight is 349 g/mol. The highest BCUT2D eigenvalue weighted by Crippen LogP contribution is 2.28. The van der Waals surface area contributed by atoms with Gasteiger partial charge < -0.3 is 10.2 Å². The Kier molecular flexibility index (Phi) is 4.07. The van der Waals surface area contributed by atoms with E-state index in [1.165, 1.54) is 12.4 Å². The van der Waals surface area contributed by atoms with Gasteiger partial charge in [0.25, 0.3) is 5.91 Å². The molecule has 0 bridgehead atoms. The molecule has 0 aliphatic rings. The molecule has 0 unspecified atom stereocenters. The van der Waals surface area contributed by atoms with Crippen LogP contribution in [0.2, 0.25) is 0 Å². The monoisotopic (exact) mass is 349 g/mol. The molecule has 0 saturated carbocycles. The lowest BCUT2D eigenvalue weighted by Gasteiger charge is -2.13. The van der Waals surface area contributed by atoms with Gasteiger partial charge >= 0.3 is 6.18 Å². The van der Waals surface area contributed by atoms with E-state index in [2.05, 4.69) is 15.4 Å². The standard InChI is InChI=1S/C16H14F3N5O/c1-23(2)12-5-3-4-10(6-12)15(25)21-11-8-20-14-7-13(16(17,18)19)22-24(14)9-11/h3-9H,1-2H3,(H,21,25). The number of nitrogens with one attached hydrogen (secondary N) is 1. The van der Waals surface area contributed by atoms with Crippen LogP contribution in [0, 0.1) is 0 Å². The van der Waals surface area contributed by atoms with Gasteiger partial charge in [-0.25, -0.2) is 9.50 Å². The number of amides is 1. The van der Waals surface area contributed by atoms with Crippen molar-refractivity contribution in [1.82, 2.24) is 14.6 Å². The number of benzene rings is 1. The van der Waals surface area contributed by atoms with Gasteiger partial charge in [0.05, 0.1) is 18.1 Å². The predicted molar refractivity (Wildman–Crippen MR) is 86.7 cm³/mol. The summed E-state index contributed by atoms with van der Waals surface area (Å²) in [4.78, 5) is 18.1. The van der Waals surface area contributed by atoms with E-state index in [0.29, 0.717) is 5.56 Å². The second kappa shape index (κ2) is 6.08. The fourth-order valence-corrected chi connectivity index (χ4v) is 2.21. The maximum atomic E-state index is 12.7. The van der Waals surface area contributed by atoms with E-state index in [1.54, 1.807) is 18.2 Å². The molecule has 0 aliphatic heterocycles. The maximum absolute atomic E-state index is 12.7. The Morgan fingerprint density at radius 2 is 2.00 bits per heavy atom. The fourth-order valence-electron chi connectivity index (χ4n) is 2.21. The molecular weight excluding hydrogens is 335 g/mol. The van der Waals surface area contributed by atoms with Gasteiger partial charge in [-0.3, -0.25) is 4.79 Å². The largest absolute Gasteiger partial charge is 0.435 e. The summed E-state index contributed by atoms with van der Waals surface area (Å²) < 4.78 is 39.0. The second-order valence-electron chi connectivity index (χ2n) is 5.57. The van der Waals surface area contributed by atoms with Crippen LogP contribution in [-0.2, 0) is 6.18 Å². The van der Waals surface area contributed by atoms with Crippen LogP contribution in [0.5, 0.6) is 0 Å². The van der Waals surface area contributed by atoms with Crippen molar-refractivity contribution in [2.24, 2.45) is 0 Å². The molecule has 3 rings (SSSR count). The fraction of sp³-hybridized carbons (Fsp3) is 0.188. The van der Waals surface area contributed by atoms with Crippen molar-refractivity contribution in [3.8, 4) is 0 Å². The van der Waals surface area contributed by atoms with E-state index >= 15 is 0 Å². The summed E-state index contributed by atoms with van der Waals surface area (Å²) in [5.41, 5.74) is 0.512. The summed E-state index contributed by atoms with van der Waals surface area (Å²) in [5, 5.41) is 6.04. The zero-order chi connectivity index (χ0) is 18.2. The molecule has 0 atom stereocenters. The van der Waals surface area contributed by atoms with Crippen LogP contribution < -0.4 is 10.2 Å². The number of aromatic nitrogens is 3. The molecule has 0 aliphatic carbocycles. The molecule has 2 heterocycles. The van der Waals surface area contributed by atoms with Crippen molar-refractivity contribution in [3.63, 3.8) is 0 Å². The highest BCUT2D eigenvalue weighted by Gasteiger charge is 2.34. The molecule has 0 saturated heterocycles. The van der Waals surface area contributed by atoms with Crippen LogP contribution in [0.4, 0.5) is 24.5 Å². The quantitative estimate of drug-likeness (QED) is 0.789. The first-order valence-corrected chi connectivity index (χ1v) is 7.25. The van der Waals surface area contributed by atoms with Crippen molar-refractivity contribution in [1.29, 1.82) is 0 Å². The van der Waals surface area contributed by atoms with E-state index in [0.717, 1.165) is 16.3 Å². The second-order valence-corrected chi connectivity index (χ2v) is 5.57. The number of halogens is 3. The minimum Gasteiger partial charge on any atom is -0.378 e. The molecule has 0 radical (unpaired) electrons. The molecule has 0 spiro atoms. The van der Waals surface area contributed by atoms with Gasteiger partial charge in [0.2, 0.25) is 0 Å². The summed E-state index contributed by atoms with van der Waals surface area (Å²) in [6, 6.07) is 7.79. The molecule has 1 N–H and O–H groups in total. The number of carbonyl (C=O) groups excluding carboxylic acids is 1. The maximum Gasteiger partial charge on any atom is 0.435 e. The summed E-state index contributed by atoms with van der Waals surface area (Å²) in [7, 11) is 3.70. The molecule has 0 fully saturated rings. The summed E-state index contributed by atoms with van der Waals surface area (Å²) in [6.45, 7) is 0. The van der Waals surface area contributed by atoms with E-state index in [4.69, 9.17) is 0 Å². The summed E-state index contributed by atoms with van der Waals surface area (Å²) >= 11 is 0. The Hall–Kier alpha value is -3.10. The van der Waals surface area contributed by atoms with Crippen molar-refractivity contribution in [2.45, 2.75) is 6.18 Å². The number of carbonyl (C=O) groups is 1. The zero-order valence-electron chi connectivity index (χ0n) is 13.4. The Morgan fingerprint density at radius 1 is 1.24 bits per heavy atom. The first-order chi connectivity index (χ1) is 11.7. The van der Waals surface area contributed by atoms with Crippen molar-refractivity contribution in [2.75, 3.05) is 24.3 Å². The Labute approximate surface area is 140 Å². The smallest absolute Gasteiger partial charge is 0.378 e. The Morgan fingerprint density at radius 3 is 2.68 bits per heavy atom. The lowest BCUT2D eigenvalue weighted by Crippen LogP contribution is -2.14. The van der Waals surface area contributed by atoms with Crippen LogP contribution in [0.25, 0.3) is 5.65 Å². The van der Waals surface area contributed by atoms with E-state index in [1.807, 2.05) is 25.1 Å². The van der Waals surface area contributed by atoms with Gasteiger partial charge in [0.15, 0.2) is 11.3 Å². The molecule has 130 valence electrons. The van der Waals surface area contributed by atoms with Crippen LogP contribution in [0.3, 0.4) is 0 Å². The van der Waals surface area contributed by atoms with Gasteiger partial charge in [-0.05, 0) is 18.2 Å². The third kappa shape index (κ3) is 3.54. The first kappa shape index (κ1) is 16.7. The minimum atomic E-state index is -4.55. The number of fused-ring (bicyclic) bond motifs is 1. The molecule has 1 aromatic carbocycles. The molecule has 25 heavy (non-hydrogen) atoms. The molecule has 3 aromatic rings. The molecule has 9 heteroatoms. The van der Waals surface area contributed by atoms with E-state index < -0.39 is 17.8 Å². The van der Waals surface area contributed by atoms with Crippen LogP contribution in [0.1, 0.15) is 16.1 Å². The number of hydrogen-bond donors (Lipinski definition) is 1. The lowest BCUT2D eigenvalue weighted by atomic mass is 10.2. The molecule has 6 nitrogen and oxygen atoms in total. The third-order valence-corrected chi connectivity index (χ3v) is 3.49. The third-order valence-electron chi connectivity index (χ3n) is 3.49. The van der Waals surface area contributed by atoms with Gasteiger partial charge in [0.1, 0.15) is 0 Å². The van der Waals surface area contributed by atoms with Crippen LogP contribution in [0.15, 0.2) is 42.7 Å². The van der Waals surface area contributed by atoms with Crippen LogP contribution >= 0.6 is 0 Å². The zero-order valence-corrected chi connectivity index (χ0v) is 13.4. The number of nitrogens with zero attached hydrogens (tertiary/aromatic N) is 4. The Bertz CT molecular complexity index is 933. The minimum absolute atomic E-state index is 0.0416. The van der Waals surface area contributed by atoms with Crippen molar-refractivity contribution >= 4 is 22.9 Å². The highest BCUT2D eigenvalue weighted by atomic mass is 19.4. The first-order valence-electron chi connectivity index (χ1n) is 7.25. The molecule has 1 amide bonds. The van der Waals surface area contributed by atoms with E-state index in [-0.39, 0.29) is 11.3 Å². The number of hydrogen-bond acceptors (Lipinski definition) is 4. The van der Waals surface area contributed by atoms with Crippen molar-refractivity contribution in [3.05, 3.63) is 54.0 Å². The van der Waals surface area contributed by atoms with Gasteiger partial charge in [-0.1, -0.05) is 6.07 Å². The van der Waals surface area contributed by atoms with E-state index in [9.17, 15) is 18.0 Å². The predicted octanol–water partition coefficient (Wildman–Crippen LogP) is 3.07. The van der Waals surface area contributed by atoms with Crippen molar-refractivity contribution < 1.29 is 18.0 Å². The number of rotatable bonds is 3. The average Bonchev–Trinajstić information content (AvgIpc) is 2.98. The van der Waals surface area contributed by atoms with Gasteiger partial charge in [0, 0.05) is 31.4 Å². The summed E-state index contributed by atoms with van der Waals surface area (Å²) in [5.74, 6) is -0.395. The van der Waals surface area contributed by atoms with Crippen LogP contribution in [-0.4, -0.2) is 34.6 Å². The Balaban J connectivity index is 1.85. The topological polar surface area (TPSA) is 62.5 Å². The molecular formula is C16H14F3N5O. The molecule has 2 aromatic heterocycles. The number of alkyl halides is 3.